The van der Waals surface area contributed by atoms with Crippen LogP contribution in [0.4, 0.5) is 5.69 Å². The van der Waals surface area contributed by atoms with Gasteiger partial charge in [-0.25, -0.2) is 13.1 Å². The van der Waals surface area contributed by atoms with E-state index in [9.17, 15) is 8.42 Å². The molecule has 1 aliphatic rings. The van der Waals surface area contributed by atoms with Gasteiger partial charge in [-0.15, -0.1) is 0 Å². The Hall–Kier alpha value is -1.58. The van der Waals surface area contributed by atoms with Crippen molar-refractivity contribution < 1.29 is 8.42 Å². The second kappa shape index (κ2) is 5.81. The number of benzene rings is 1. The number of nitrogens with zero attached hydrogens (tertiary/aromatic N) is 1. The maximum absolute atomic E-state index is 12.4. The van der Waals surface area contributed by atoms with Gasteiger partial charge in [-0.2, -0.15) is 5.26 Å². The summed E-state index contributed by atoms with van der Waals surface area (Å²) in [6, 6.07) is 6.12. The Morgan fingerprint density at radius 1 is 1.30 bits per heavy atom. The van der Waals surface area contributed by atoms with E-state index in [1.54, 1.807) is 0 Å². The molecule has 1 aliphatic carbocycles. The molecule has 0 heterocycles. The third-order valence-corrected chi connectivity index (χ3v) is 5.33. The maximum atomic E-state index is 12.4. The topological polar surface area (TPSA) is 96.0 Å². The number of hydrogen-bond donors (Lipinski definition) is 2. The third kappa shape index (κ3) is 3.30. The van der Waals surface area contributed by atoms with Crippen LogP contribution in [-0.4, -0.2) is 14.5 Å². The second-order valence-corrected chi connectivity index (χ2v) is 7.13. The summed E-state index contributed by atoms with van der Waals surface area (Å²) in [4.78, 5) is 0.00724. The maximum Gasteiger partial charge on any atom is 0.242 e. The van der Waals surface area contributed by atoms with Gasteiger partial charge in [0.15, 0.2) is 0 Å². The molecule has 0 unspecified atom stereocenters. The van der Waals surface area contributed by atoms with Gasteiger partial charge in [-0.3, -0.25) is 0 Å². The van der Waals surface area contributed by atoms with E-state index in [4.69, 9.17) is 11.0 Å². The van der Waals surface area contributed by atoms with E-state index in [-0.39, 0.29) is 16.5 Å². The Bertz CT molecular complexity index is 626. The first kappa shape index (κ1) is 14.8. The molecule has 3 N–H and O–H groups in total. The predicted octanol–water partition coefficient (Wildman–Crippen LogP) is 2.00. The van der Waals surface area contributed by atoms with Crippen molar-refractivity contribution in [2.24, 2.45) is 5.92 Å². The van der Waals surface area contributed by atoms with E-state index in [0.29, 0.717) is 11.6 Å². The molecular formula is C14H19N3O2S. The second-order valence-electron chi connectivity index (χ2n) is 5.45. The smallest absolute Gasteiger partial charge is 0.242 e. The monoisotopic (exact) mass is 293 g/mol. The van der Waals surface area contributed by atoms with Crippen molar-refractivity contribution in [2.75, 3.05) is 5.73 Å². The first-order valence-electron chi connectivity index (χ1n) is 6.74. The van der Waals surface area contributed by atoms with Crippen molar-refractivity contribution in [3.05, 3.63) is 23.8 Å². The fourth-order valence-electron chi connectivity index (χ4n) is 2.53. The number of sulfonamides is 1. The number of nitrogen functional groups attached to an aromatic ring is 1. The molecule has 0 saturated heterocycles. The minimum atomic E-state index is -3.66. The summed E-state index contributed by atoms with van der Waals surface area (Å²) >= 11 is 0. The van der Waals surface area contributed by atoms with Crippen molar-refractivity contribution >= 4 is 15.7 Å². The summed E-state index contributed by atoms with van der Waals surface area (Å²) in [7, 11) is -3.66. The largest absolute Gasteiger partial charge is 0.399 e. The van der Waals surface area contributed by atoms with Crippen LogP contribution in [0.5, 0.6) is 0 Å². The van der Waals surface area contributed by atoms with E-state index < -0.39 is 10.0 Å². The van der Waals surface area contributed by atoms with Crippen LogP contribution < -0.4 is 10.5 Å². The first-order chi connectivity index (χ1) is 9.42. The van der Waals surface area contributed by atoms with Crippen LogP contribution in [0.1, 0.15) is 38.2 Å². The molecule has 0 amide bonds. The van der Waals surface area contributed by atoms with Crippen LogP contribution in [0.15, 0.2) is 23.1 Å². The molecule has 1 fully saturated rings. The Labute approximate surface area is 119 Å². The average molecular weight is 293 g/mol. The Balaban J connectivity index is 2.21. The Morgan fingerprint density at radius 3 is 2.55 bits per heavy atom. The van der Waals surface area contributed by atoms with Gasteiger partial charge < -0.3 is 5.73 Å². The summed E-state index contributed by atoms with van der Waals surface area (Å²) in [5, 5.41) is 9.05. The summed E-state index contributed by atoms with van der Waals surface area (Å²) in [5.41, 5.74) is 6.05. The fourth-order valence-corrected chi connectivity index (χ4v) is 3.97. The number of hydrogen-bond acceptors (Lipinski definition) is 4. The molecule has 1 aromatic carbocycles. The highest BCUT2D eigenvalue weighted by molar-refractivity contribution is 7.89. The molecule has 0 spiro atoms. The molecular weight excluding hydrogens is 274 g/mol. The highest BCUT2D eigenvalue weighted by Crippen LogP contribution is 2.25. The van der Waals surface area contributed by atoms with Crippen molar-refractivity contribution in [3.63, 3.8) is 0 Å². The fraction of sp³-hybridized carbons (Fsp3) is 0.500. The van der Waals surface area contributed by atoms with Crippen molar-refractivity contribution in [3.8, 4) is 6.07 Å². The van der Waals surface area contributed by atoms with Crippen LogP contribution >= 0.6 is 0 Å². The molecule has 20 heavy (non-hydrogen) atoms. The van der Waals surface area contributed by atoms with Crippen LogP contribution in [0.2, 0.25) is 0 Å². The highest BCUT2D eigenvalue weighted by Gasteiger charge is 2.25. The van der Waals surface area contributed by atoms with Crippen molar-refractivity contribution in [2.45, 2.75) is 43.5 Å². The van der Waals surface area contributed by atoms with E-state index >= 15 is 0 Å². The first-order valence-corrected chi connectivity index (χ1v) is 8.22. The lowest BCUT2D eigenvalue weighted by Gasteiger charge is -2.26. The molecule has 6 heteroatoms. The molecule has 108 valence electrons. The molecule has 0 radical (unpaired) electrons. The van der Waals surface area contributed by atoms with E-state index in [1.807, 2.05) is 6.07 Å². The summed E-state index contributed by atoms with van der Waals surface area (Å²) in [6.45, 7) is 2.18. The van der Waals surface area contributed by atoms with Crippen LogP contribution in [0, 0.1) is 17.2 Å². The van der Waals surface area contributed by atoms with Gasteiger partial charge in [0.1, 0.15) is 6.07 Å². The molecule has 0 bridgehead atoms. The Kier molecular flexibility index (Phi) is 4.31. The summed E-state index contributed by atoms with van der Waals surface area (Å²) < 4.78 is 27.4. The number of nitrogens with two attached hydrogens (primary N) is 1. The van der Waals surface area contributed by atoms with Crippen molar-refractivity contribution in [1.82, 2.24) is 4.72 Å². The highest BCUT2D eigenvalue weighted by atomic mass is 32.2. The molecule has 5 nitrogen and oxygen atoms in total. The number of nitriles is 1. The van der Waals surface area contributed by atoms with Crippen LogP contribution in [0.25, 0.3) is 0 Å². The zero-order valence-electron chi connectivity index (χ0n) is 11.5. The predicted molar refractivity (Wildman–Crippen MR) is 77.3 cm³/mol. The van der Waals surface area contributed by atoms with Crippen molar-refractivity contribution in [1.29, 1.82) is 5.26 Å². The van der Waals surface area contributed by atoms with Gasteiger partial charge >= 0.3 is 0 Å². The zero-order valence-corrected chi connectivity index (χ0v) is 12.3. The van der Waals surface area contributed by atoms with Gasteiger partial charge in [-0.05, 0) is 49.8 Å². The molecule has 0 aliphatic heterocycles. The van der Waals surface area contributed by atoms with E-state index in [2.05, 4.69) is 11.6 Å². The van der Waals surface area contributed by atoms with Crippen LogP contribution in [-0.2, 0) is 10.0 Å². The van der Waals surface area contributed by atoms with E-state index in [0.717, 1.165) is 25.7 Å². The van der Waals surface area contributed by atoms with E-state index in [1.165, 1.54) is 18.2 Å². The minimum absolute atomic E-state index is 0.00724. The SMILES string of the molecule is CC1CCC(NS(=O)(=O)c2ccc(N)cc2C#N)CC1. The summed E-state index contributed by atoms with van der Waals surface area (Å²) in [6.07, 6.45) is 3.74. The lowest BCUT2D eigenvalue weighted by molar-refractivity contribution is 0.332. The normalized spacial score (nSPS) is 23.2. The quantitative estimate of drug-likeness (QED) is 0.833. The Morgan fingerprint density at radius 2 is 1.95 bits per heavy atom. The zero-order chi connectivity index (χ0) is 14.8. The van der Waals surface area contributed by atoms with Gasteiger partial charge in [0.05, 0.1) is 10.5 Å². The third-order valence-electron chi connectivity index (χ3n) is 3.75. The number of nitrogens with one attached hydrogen (secondary N) is 1. The molecule has 2 rings (SSSR count). The molecule has 0 atom stereocenters. The molecule has 1 saturated carbocycles. The lowest BCUT2D eigenvalue weighted by atomic mass is 9.88. The number of anilines is 1. The van der Waals surface area contributed by atoms with Gasteiger partial charge in [0, 0.05) is 11.7 Å². The molecule has 0 aromatic heterocycles. The van der Waals surface area contributed by atoms with Gasteiger partial charge in [-0.1, -0.05) is 6.92 Å². The van der Waals surface area contributed by atoms with Gasteiger partial charge in [0.25, 0.3) is 0 Å². The molecule has 1 aromatic rings. The van der Waals surface area contributed by atoms with Gasteiger partial charge in [0.2, 0.25) is 10.0 Å². The standard InChI is InChI=1S/C14H19N3O2S/c1-10-2-5-13(6-3-10)17-20(18,19)14-7-4-12(16)8-11(14)9-15/h4,7-8,10,13,17H,2-3,5-6,16H2,1H3. The summed E-state index contributed by atoms with van der Waals surface area (Å²) in [5.74, 6) is 0.655. The lowest BCUT2D eigenvalue weighted by Crippen LogP contribution is -2.37. The minimum Gasteiger partial charge on any atom is -0.399 e. The number of rotatable bonds is 3. The average Bonchev–Trinajstić information content (AvgIpc) is 2.40. The van der Waals surface area contributed by atoms with Crippen LogP contribution in [0.3, 0.4) is 0 Å².